The standard InChI is InChI=1S/C13H14N2/c1-2-8-14-12(6-1)13-11-5-3-4-10(11)7-9-15-13/h1-6,8,10,13,15H,7,9H2. The number of aromatic nitrogens is 1. The van der Waals surface area contributed by atoms with Crippen LogP contribution in [0.1, 0.15) is 18.2 Å². The molecule has 1 aliphatic heterocycles. The highest BCUT2D eigenvalue weighted by Crippen LogP contribution is 2.35. The lowest BCUT2D eigenvalue weighted by Gasteiger charge is -2.29. The normalized spacial score (nSPS) is 28.7. The van der Waals surface area contributed by atoms with Crippen molar-refractivity contribution in [3.63, 3.8) is 0 Å². The maximum Gasteiger partial charge on any atom is 0.0719 e. The Morgan fingerprint density at radius 1 is 1.33 bits per heavy atom. The van der Waals surface area contributed by atoms with Gasteiger partial charge in [0.15, 0.2) is 0 Å². The van der Waals surface area contributed by atoms with Crippen LogP contribution in [0.3, 0.4) is 0 Å². The second-order valence-corrected chi connectivity index (χ2v) is 4.09. The number of hydrogen-bond donors (Lipinski definition) is 1. The number of nitrogens with zero attached hydrogens (tertiary/aromatic N) is 1. The topological polar surface area (TPSA) is 24.9 Å². The molecule has 3 rings (SSSR count). The van der Waals surface area contributed by atoms with Crippen LogP contribution in [0.15, 0.2) is 48.2 Å². The van der Waals surface area contributed by atoms with Crippen molar-refractivity contribution in [3.8, 4) is 0 Å². The van der Waals surface area contributed by atoms with Crippen LogP contribution in [0.2, 0.25) is 0 Å². The molecular weight excluding hydrogens is 184 g/mol. The fraction of sp³-hybridized carbons (Fsp3) is 0.308. The highest BCUT2D eigenvalue weighted by atomic mass is 15.0. The second-order valence-electron chi connectivity index (χ2n) is 4.09. The first-order valence-corrected chi connectivity index (χ1v) is 5.48. The van der Waals surface area contributed by atoms with Gasteiger partial charge >= 0.3 is 0 Å². The van der Waals surface area contributed by atoms with Crippen LogP contribution in [-0.2, 0) is 0 Å². The smallest absolute Gasteiger partial charge is 0.0719 e. The molecule has 1 aromatic rings. The van der Waals surface area contributed by atoms with Crippen molar-refractivity contribution in [2.45, 2.75) is 12.5 Å². The Morgan fingerprint density at radius 2 is 2.33 bits per heavy atom. The van der Waals surface area contributed by atoms with E-state index < -0.39 is 0 Å². The molecule has 1 N–H and O–H groups in total. The number of piperidine rings is 1. The molecule has 1 aromatic heterocycles. The van der Waals surface area contributed by atoms with Crippen molar-refractivity contribution < 1.29 is 0 Å². The highest BCUT2D eigenvalue weighted by molar-refractivity contribution is 5.36. The average molecular weight is 198 g/mol. The minimum Gasteiger partial charge on any atom is -0.305 e. The summed E-state index contributed by atoms with van der Waals surface area (Å²) < 4.78 is 0. The van der Waals surface area contributed by atoms with Crippen LogP contribution in [0.4, 0.5) is 0 Å². The van der Waals surface area contributed by atoms with Crippen molar-refractivity contribution in [2.75, 3.05) is 6.54 Å². The van der Waals surface area contributed by atoms with E-state index in [1.807, 2.05) is 12.3 Å². The zero-order chi connectivity index (χ0) is 10.1. The average Bonchev–Trinajstić information content (AvgIpc) is 2.78. The van der Waals surface area contributed by atoms with E-state index in [0.717, 1.165) is 12.2 Å². The summed E-state index contributed by atoms with van der Waals surface area (Å²) in [5.74, 6) is 0.637. The first kappa shape index (κ1) is 8.86. The third kappa shape index (κ3) is 1.51. The van der Waals surface area contributed by atoms with Gasteiger partial charge in [0, 0.05) is 12.1 Å². The van der Waals surface area contributed by atoms with E-state index in [1.54, 1.807) is 0 Å². The lowest BCUT2D eigenvalue weighted by Crippen LogP contribution is -2.33. The molecule has 2 unspecified atom stereocenters. The Morgan fingerprint density at radius 3 is 3.20 bits per heavy atom. The van der Waals surface area contributed by atoms with Gasteiger partial charge in [-0.1, -0.05) is 24.3 Å². The molecule has 0 aromatic carbocycles. The molecule has 0 spiro atoms. The molecule has 0 radical (unpaired) electrons. The molecule has 0 amide bonds. The fourth-order valence-corrected chi connectivity index (χ4v) is 2.43. The van der Waals surface area contributed by atoms with Crippen LogP contribution >= 0.6 is 0 Å². The number of pyridine rings is 1. The van der Waals surface area contributed by atoms with Crippen molar-refractivity contribution in [1.82, 2.24) is 10.3 Å². The van der Waals surface area contributed by atoms with Crippen molar-refractivity contribution in [1.29, 1.82) is 0 Å². The molecule has 2 nitrogen and oxygen atoms in total. The lowest BCUT2D eigenvalue weighted by atomic mass is 9.87. The van der Waals surface area contributed by atoms with E-state index in [9.17, 15) is 0 Å². The van der Waals surface area contributed by atoms with E-state index in [-0.39, 0.29) is 0 Å². The Balaban J connectivity index is 1.93. The van der Waals surface area contributed by atoms with Gasteiger partial charge in [-0.05, 0) is 30.7 Å². The summed E-state index contributed by atoms with van der Waals surface area (Å²) in [4.78, 5) is 4.43. The molecule has 1 fully saturated rings. The van der Waals surface area contributed by atoms with Gasteiger partial charge in [0.25, 0.3) is 0 Å². The van der Waals surface area contributed by atoms with Crippen LogP contribution in [0.25, 0.3) is 0 Å². The number of hydrogen-bond acceptors (Lipinski definition) is 2. The van der Waals surface area contributed by atoms with E-state index >= 15 is 0 Å². The zero-order valence-electron chi connectivity index (χ0n) is 8.56. The van der Waals surface area contributed by atoms with Gasteiger partial charge in [0.2, 0.25) is 0 Å². The number of nitrogens with one attached hydrogen (secondary N) is 1. The highest BCUT2D eigenvalue weighted by Gasteiger charge is 2.28. The largest absolute Gasteiger partial charge is 0.305 e. The molecule has 2 heterocycles. The quantitative estimate of drug-likeness (QED) is 0.748. The molecule has 2 heteroatoms. The van der Waals surface area contributed by atoms with Crippen LogP contribution in [-0.4, -0.2) is 11.5 Å². The van der Waals surface area contributed by atoms with Gasteiger partial charge in [0.05, 0.1) is 11.7 Å². The monoisotopic (exact) mass is 198 g/mol. The Hall–Kier alpha value is -1.41. The van der Waals surface area contributed by atoms with Gasteiger partial charge in [-0.3, -0.25) is 4.98 Å². The predicted molar refractivity (Wildman–Crippen MR) is 60.3 cm³/mol. The van der Waals surface area contributed by atoms with Crippen LogP contribution in [0.5, 0.6) is 0 Å². The lowest BCUT2D eigenvalue weighted by molar-refractivity contribution is 0.449. The van der Waals surface area contributed by atoms with Crippen LogP contribution in [0, 0.1) is 5.92 Å². The van der Waals surface area contributed by atoms with Gasteiger partial charge in [-0.25, -0.2) is 0 Å². The first-order valence-electron chi connectivity index (χ1n) is 5.48. The molecule has 1 aliphatic carbocycles. The van der Waals surface area contributed by atoms with Gasteiger partial charge in [-0.15, -0.1) is 0 Å². The zero-order valence-corrected chi connectivity index (χ0v) is 8.56. The maximum absolute atomic E-state index is 4.43. The van der Waals surface area contributed by atoms with E-state index in [4.69, 9.17) is 0 Å². The predicted octanol–water partition coefficient (Wildman–Crippen LogP) is 2.23. The van der Waals surface area contributed by atoms with E-state index in [2.05, 4.69) is 40.7 Å². The van der Waals surface area contributed by atoms with Gasteiger partial charge in [-0.2, -0.15) is 0 Å². The van der Waals surface area contributed by atoms with Crippen molar-refractivity contribution >= 4 is 0 Å². The Kier molecular flexibility index (Phi) is 2.14. The number of rotatable bonds is 1. The van der Waals surface area contributed by atoms with E-state index in [1.165, 1.54) is 12.0 Å². The van der Waals surface area contributed by atoms with Crippen molar-refractivity contribution in [3.05, 3.63) is 53.9 Å². The molecule has 2 aliphatic rings. The third-order valence-electron chi connectivity index (χ3n) is 3.18. The molecular formula is C13H14N2. The summed E-state index contributed by atoms with van der Waals surface area (Å²) in [7, 11) is 0. The van der Waals surface area contributed by atoms with Gasteiger partial charge in [0.1, 0.15) is 0 Å². The minimum atomic E-state index is 0.319. The minimum absolute atomic E-state index is 0.319. The summed E-state index contributed by atoms with van der Waals surface area (Å²) in [6, 6.07) is 6.43. The molecule has 76 valence electrons. The van der Waals surface area contributed by atoms with E-state index in [0.29, 0.717) is 12.0 Å². The summed E-state index contributed by atoms with van der Waals surface area (Å²) >= 11 is 0. The molecule has 2 atom stereocenters. The first-order chi connectivity index (χ1) is 7.45. The number of fused-ring (bicyclic) bond motifs is 1. The summed E-state index contributed by atoms with van der Waals surface area (Å²) in [6.45, 7) is 1.08. The van der Waals surface area contributed by atoms with Crippen molar-refractivity contribution in [2.24, 2.45) is 5.92 Å². The maximum atomic E-state index is 4.43. The summed E-state index contributed by atoms with van der Waals surface area (Å²) in [5.41, 5.74) is 2.61. The molecule has 0 saturated carbocycles. The molecule has 15 heavy (non-hydrogen) atoms. The van der Waals surface area contributed by atoms with Gasteiger partial charge < -0.3 is 5.32 Å². The molecule has 0 bridgehead atoms. The SMILES string of the molecule is C1=CC2CCNC(c3ccccn3)C2=C1. The second kappa shape index (κ2) is 3.63. The number of allylic oxidation sites excluding steroid dienone is 3. The Bertz CT molecular complexity index is 406. The third-order valence-corrected chi connectivity index (χ3v) is 3.18. The Labute approximate surface area is 89.7 Å². The fourth-order valence-electron chi connectivity index (χ4n) is 2.43. The summed E-state index contributed by atoms with van der Waals surface area (Å²) in [6.07, 6.45) is 9.78. The summed E-state index contributed by atoms with van der Waals surface area (Å²) in [5, 5.41) is 3.54. The molecule has 1 saturated heterocycles. The van der Waals surface area contributed by atoms with Crippen LogP contribution < -0.4 is 5.32 Å².